The Morgan fingerprint density at radius 3 is 1.98 bits per heavy atom. The molecule has 0 radical (unpaired) electrons. The zero-order chi connectivity index (χ0) is 36.0. The molecule has 2 atom stereocenters. The van der Waals surface area contributed by atoms with Gasteiger partial charge in [0.25, 0.3) is 0 Å². The molecular weight excluding hydrogens is 669 g/mol. The number of para-hydroxylation sites is 6. The van der Waals surface area contributed by atoms with Gasteiger partial charge in [0, 0.05) is 50.5 Å². The molecule has 4 nitrogen and oxygen atoms in total. The molecular formula is C51H33N4+. The maximum Gasteiger partial charge on any atom is 0.233 e. The minimum absolute atomic E-state index is 0.566. The van der Waals surface area contributed by atoms with Crippen LogP contribution in [0.2, 0.25) is 0 Å². The number of aliphatic imine (C=N–C) groups is 1. The van der Waals surface area contributed by atoms with E-state index in [-0.39, 0.29) is 0 Å². The first-order chi connectivity index (χ1) is 27.2. The summed E-state index contributed by atoms with van der Waals surface area (Å²) in [7, 11) is 2.34. The number of hydrogen-bond acceptors (Lipinski definition) is 1. The van der Waals surface area contributed by atoms with Gasteiger partial charge in [0.15, 0.2) is 5.69 Å². The number of likely N-dealkylation sites (N-methyl/N-ethyl adjacent to an activating group) is 1. The van der Waals surface area contributed by atoms with E-state index in [9.17, 15) is 0 Å². The fourth-order valence-corrected chi connectivity index (χ4v) is 10.9. The van der Waals surface area contributed by atoms with E-state index in [2.05, 4.69) is 198 Å². The van der Waals surface area contributed by atoms with Crippen LogP contribution in [0.5, 0.6) is 0 Å². The van der Waals surface area contributed by atoms with Crippen LogP contribution in [-0.2, 0) is 5.41 Å². The zero-order valence-electron chi connectivity index (χ0n) is 30.1. The van der Waals surface area contributed by atoms with Crippen molar-refractivity contribution in [3.8, 4) is 22.5 Å². The molecule has 0 N–H and O–H groups in total. The summed E-state index contributed by atoms with van der Waals surface area (Å²) in [4.78, 5) is 5.61. The van der Waals surface area contributed by atoms with E-state index in [1.165, 1.54) is 88.5 Å². The molecule has 0 fully saturated rings. The topological polar surface area (TPSA) is 22.2 Å². The maximum absolute atomic E-state index is 5.61. The Labute approximate surface area is 317 Å². The molecule has 0 saturated heterocycles. The van der Waals surface area contributed by atoms with E-state index in [1.54, 1.807) is 0 Å². The van der Waals surface area contributed by atoms with Crippen LogP contribution in [0, 0.1) is 0 Å². The van der Waals surface area contributed by atoms with Gasteiger partial charge in [0.1, 0.15) is 16.8 Å². The molecule has 0 saturated carbocycles. The maximum atomic E-state index is 5.61. The van der Waals surface area contributed by atoms with E-state index in [0.717, 1.165) is 17.2 Å². The van der Waals surface area contributed by atoms with Gasteiger partial charge in [-0.25, -0.2) is 4.48 Å². The van der Waals surface area contributed by atoms with Gasteiger partial charge in [0.2, 0.25) is 5.84 Å². The third-order valence-electron chi connectivity index (χ3n) is 12.9. The van der Waals surface area contributed by atoms with Gasteiger partial charge in [-0.05, 0) is 59.2 Å². The monoisotopic (exact) mass is 701 g/mol. The number of amidine groups is 1. The van der Waals surface area contributed by atoms with Gasteiger partial charge >= 0.3 is 0 Å². The summed E-state index contributed by atoms with van der Waals surface area (Å²) in [5, 5.41) is 5.01. The molecule has 4 heterocycles. The first-order valence-electron chi connectivity index (χ1n) is 19.1. The standard InChI is InChI=1S/C51H33N4/c1-55-45-28-13-9-22-38(45)51(50(55)52-40-24-10-14-29-46(40)55)37-21-8-5-19-35(37)47-39(51)23-15-27-43(47)54-41-25-11-6-18-33(41)34-30-31-44-48(49(34)54)36-20-7-12-26-42(36)53(44)32-16-3-2-4-17-32/h2-31H,1H3/q+1. The van der Waals surface area contributed by atoms with E-state index >= 15 is 0 Å². The fourth-order valence-electron chi connectivity index (χ4n) is 10.9. The lowest BCUT2D eigenvalue weighted by Crippen LogP contribution is -2.48. The second kappa shape index (κ2) is 10.1. The van der Waals surface area contributed by atoms with Gasteiger partial charge in [-0.15, -0.1) is 0 Å². The lowest BCUT2D eigenvalue weighted by Gasteiger charge is -2.30. The normalized spacial score (nSPS) is 18.9. The molecule has 13 rings (SSSR count). The highest BCUT2D eigenvalue weighted by Crippen LogP contribution is 2.66. The summed E-state index contributed by atoms with van der Waals surface area (Å²) in [5.41, 5.74) is 16.6. The van der Waals surface area contributed by atoms with Crippen LogP contribution in [0.3, 0.4) is 0 Å². The predicted octanol–water partition coefficient (Wildman–Crippen LogP) is 12.5. The molecule has 1 aliphatic carbocycles. The fraction of sp³-hybridized carbons (Fsp3) is 0.0392. The molecule has 1 spiro atoms. The van der Waals surface area contributed by atoms with Crippen LogP contribution in [0.15, 0.2) is 187 Å². The van der Waals surface area contributed by atoms with Crippen molar-refractivity contribution in [3.63, 3.8) is 0 Å². The number of benzene rings is 8. The number of hydrogen-bond donors (Lipinski definition) is 0. The molecule has 55 heavy (non-hydrogen) atoms. The van der Waals surface area contributed by atoms with E-state index < -0.39 is 5.41 Å². The molecule has 2 unspecified atom stereocenters. The summed E-state index contributed by atoms with van der Waals surface area (Å²) in [5.74, 6) is 1.15. The average molecular weight is 702 g/mol. The van der Waals surface area contributed by atoms with Crippen LogP contribution in [0.4, 0.5) is 17.1 Å². The zero-order valence-corrected chi connectivity index (χ0v) is 30.1. The Kier molecular flexibility index (Phi) is 5.43. The minimum atomic E-state index is -0.566. The van der Waals surface area contributed by atoms with Crippen molar-refractivity contribution in [2.75, 3.05) is 7.05 Å². The molecule has 3 aliphatic rings. The minimum Gasteiger partial charge on any atom is -0.309 e. The largest absolute Gasteiger partial charge is 0.309 e. The van der Waals surface area contributed by atoms with Crippen molar-refractivity contribution in [2.24, 2.45) is 4.99 Å². The summed E-state index contributed by atoms with van der Waals surface area (Å²) in [6.45, 7) is 0. The average Bonchev–Trinajstić information content (AvgIpc) is 3.99. The second-order valence-electron chi connectivity index (χ2n) is 15.3. The quantitative estimate of drug-likeness (QED) is 0.160. The third kappa shape index (κ3) is 3.33. The Bertz CT molecular complexity index is 3350. The third-order valence-corrected chi connectivity index (χ3v) is 12.9. The Morgan fingerprint density at radius 1 is 0.473 bits per heavy atom. The first kappa shape index (κ1) is 29.4. The summed E-state index contributed by atoms with van der Waals surface area (Å²) in [6.07, 6.45) is 0. The Morgan fingerprint density at radius 2 is 1.13 bits per heavy atom. The molecule has 256 valence electrons. The Hall–Kier alpha value is -7.01. The first-order valence-corrected chi connectivity index (χ1v) is 19.1. The molecule has 8 aromatic carbocycles. The van der Waals surface area contributed by atoms with Gasteiger partial charge in [-0.2, -0.15) is 4.99 Å². The van der Waals surface area contributed by atoms with Crippen molar-refractivity contribution < 1.29 is 0 Å². The molecule has 0 bridgehead atoms. The summed E-state index contributed by atoms with van der Waals surface area (Å²) < 4.78 is 5.57. The highest BCUT2D eigenvalue weighted by atomic mass is 15.4. The van der Waals surface area contributed by atoms with Gasteiger partial charge < -0.3 is 9.13 Å². The van der Waals surface area contributed by atoms with Crippen LogP contribution in [0.1, 0.15) is 16.7 Å². The van der Waals surface area contributed by atoms with Crippen LogP contribution >= 0.6 is 0 Å². The molecule has 2 aromatic heterocycles. The number of quaternary nitrogens is 1. The van der Waals surface area contributed by atoms with E-state index in [1.807, 2.05) is 0 Å². The van der Waals surface area contributed by atoms with Crippen molar-refractivity contribution in [1.29, 1.82) is 0 Å². The number of fused-ring (bicyclic) bond motifs is 19. The molecule has 10 aromatic rings. The van der Waals surface area contributed by atoms with E-state index in [4.69, 9.17) is 4.99 Å². The lowest BCUT2D eigenvalue weighted by atomic mass is 9.73. The van der Waals surface area contributed by atoms with Gasteiger partial charge in [-0.1, -0.05) is 127 Å². The van der Waals surface area contributed by atoms with Crippen LogP contribution in [-0.4, -0.2) is 22.0 Å². The second-order valence-corrected chi connectivity index (χ2v) is 15.3. The summed E-state index contributed by atoms with van der Waals surface area (Å²) in [6, 6.07) is 67.1. The molecule has 0 amide bonds. The highest BCUT2D eigenvalue weighted by molar-refractivity contribution is 6.27. The SMILES string of the molecule is C[N+]12C(=Nc3ccccc31)C1(c3ccccc3-c3c(-n4c5ccccc5c5ccc6c(c7ccccc7n6-c6ccccc6)c54)cccc31)c1ccccc12. The molecule has 2 aliphatic heterocycles. The van der Waals surface area contributed by atoms with Crippen LogP contribution in [0.25, 0.3) is 66.1 Å². The van der Waals surface area contributed by atoms with Crippen molar-refractivity contribution in [1.82, 2.24) is 13.6 Å². The van der Waals surface area contributed by atoms with E-state index in [0.29, 0.717) is 4.48 Å². The number of aromatic nitrogens is 2. The molecule has 4 heteroatoms. The van der Waals surface area contributed by atoms with Gasteiger partial charge in [0.05, 0.1) is 34.8 Å². The predicted molar refractivity (Wildman–Crippen MR) is 228 cm³/mol. The number of nitrogens with zero attached hydrogens (tertiary/aromatic N) is 4. The smallest absolute Gasteiger partial charge is 0.233 e. The Balaban J connectivity index is 1.20. The van der Waals surface area contributed by atoms with Crippen molar-refractivity contribution in [2.45, 2.75) is 5.41 Å². The van der Waals surface area contributed by atoms with Crippen LogP contribution < -0.4 is 4.48 Å². The highest BCUT2D eigenvalue weighted by Gasteiger charge is 2.67. The van der Waals surface area contributed by atoms with Crippen molar-refractivity contribution >= 4 is 66.5 Å². The number of rotatable bonds is 2. The summed E-state index contributed by atoms with van der Waals surface area (Å²) >= 11 is 0. The van der Waals surface area contributed by atoms with Crippen molar-refractivity contribution in [3.05, 3.63) is 199 Å². The lowest BCUT2D eigenvalue weighted by molar-refractivity contribution is 0.679. The van der Waals surface area contributed by atoms with Gasteiger partial charge in [-0.3, -0.25) is 0 Å².